The van der Waals surface area contributed by atoms with Crippen molar-refractivity contribution in [3.63, 3.8) is 0 Å². The molecule has 2 aromatic carbocycles. The van der Waals surface area contributed by atoms with Crippen molar-refractivity contribution in [1.82, 2.24) is 15.2 Å². The number of halogens is 3. The molecule has 39 heavy (non-hydrogen) atoms. The molecule has 1 fully saturated rings. The molecular formula is C28H27Cl2FN4O4. The van der Waals surface area contributed by atoms with Crippen molar-refractivity contribution in [3.8, 4) is 16.9 Å². The minimum atomic E-state index is -0.756. The van der Waals surface area contributed by atoms with Crippen molar-refractivity contribution in [2.24, 2.45) is 0 Å². The molecule has 8 nitrogen and oxygen atoms in total. The van der Waals surface area contributed by atoms with Crippen LogP contribution in [0.5, 0.6) is 5.75 Å². The smallest absolute Gasteiger partial charge is 0.251 e. The van der Waals surface area contributed by atoms with E-state index in [0.717, 1.165) is 25.2 Å². The molecule has 5 rings (SSSR count). The Balaban J connectivity index is 1.37. The van der Waals surface area contributed by atoms with Crippen LogP contribution in [0.25, 0.3) is 22.1 Å². The predicted octanol–water partition coefficient (Wildman–Crippen LogP) is 5.72. The number of pyridine rings is 1. The van der Waals surface area contributed by atoms with E-state index in [9.17, 15) is 9.18 Å². The first-order chi connectivity index (χ1) is 18.8. The molecule has 3 N–H and O–H groups in total. The first-order valence-electron chi connectivity index (χ1n) is 12.5. The van der Waals surface area contributed by atoms with Crippen LogP contribution < -0.4 is 15.8 Å². The Morgan fingerprint density at radius 2 is 2.05 bits per heavy atom. The number of nitrogens with one attached hydrogen (secondary N) is 1. The van der Waals surface area contributed by atoms with Gasteiger partial charge in [0, 0.05) is 54.1 Å². The summed E-state index contributed by atoms with van der Waals surface area (Å²) in [6, 6.07) is 9.84. The molecule has 0 aliphatic carbocycles. The fourth-order valence-electron chi connectivity index (χ4n) is 4.55. The molecule has 1 aliphatic rings. The topological polar surface area (TPSA) is 103 Å². The first-order valence-corrected chi connectivity index (χ1v) is 13.2. The molecule has 204 valence electrons. The van der Waals surface area contributed by atoms with Crippen LogP contribution in [0.3, 0.4) is 0 Å². The van der Waals surface area contributed by atoms with E-state index in [2.05, 4.69) is 15.2 Å². The Morgan fingerprint density at radius 3 is 2.85 bits per heavy atom. The number of morpholine rings is 1. The van der Waals surface area contributed by atoms with Crippen molar-refractivity contribution >= 4 is 45.9 Å². The van der Waals surface area contributed by atoms with Crippen LogP contribution >= 0.6 is 23.2 Å². The number of fused-ring (bicyclic) bond motifs is 1. The van der Waals surface area contributed by atoms with Gasteiger partial charge in [-0.15, -0.1) is 0 Å². The Morgan fingerprint density at radius 1 is 1.26 bits per heavy atom. The Labute approximate surface area is 234 Å². The van der Waals surface area contributed by atoms with E-state index in [0.29, 0.717) is 41.9 Å². The van der Waals surface area contributed by atoms with Gasteiger partial charge in [0.2, 0.25) is 5.75 Å². The van der Waals surface area contributed by atoms with E-state index in [1.807, 2.05) is 12.1 Å². The van der Waals surface area contributed by atoms with Gasteiger partial charge in [-0.2, -0.15) is 0 Å². The second-order valence-electron chi connectivity index (χ2n) is 9.17. The van der Waals surface area contributed by atoms with Crippen LogP contribution in [-0.2, 0) is 4.74 Å². The maximum Gasteiger partial charge on any atom is 0.251 e. The monoisotopic (exact) mass is 572 g/mol. The number of aromatic nitrogens is 1. The van der Waals surface area contributed by atoms with Gasteiger partial charge >= 0.3 is 0 Å². The number of furan rings is 1. The quantitative estimate of drug-likeness (QED) is 0.260. The van der Waals surface area contributed by atoms with Gasteiger partial charge in [0.25, 0.3) is 5.91 Å². The largest absolute Gasteiger partial charge is 0.478 e. The fourth-order valence-corrected chi connectivity index (χ4v) is 5.23. The lowest BCUT2D eigenvalue weighted by molar-refractivity contribution is 0.0383. The lowest BCUT2D eigenvalue weighted by Gasteiger charge is -2.26. The number of anilines is 1. The van der Waals surface area contributed by atoms with Gasteiger partial charge in [0.15, 0.2) is 11.4 Å². The van der Waals surface area contributed by atoms with E-state index in [1.54, 1.807) is 31.5 Å². The number of rotatable bonds is 8. The number of hydrogen-bond donors (Lipinski definition) is 2. The minimum absolute atomic E-state index is 0.0901. The number of carbonyl (C=O) groups is 1. The molecular weight excluding hydrogens is 546 g/mol. The van der Waals surface area contributed by atoms with E-state index in [-0.39, 0.29) is 33.1 Å². The van der Waals surface area contributed by atoms with Crippen LogP contribution in [0.15, 0.2) is 53.3 Å². The van der Waals surface area contributed by atoms with Crippen LogP contribution in [0.4, 0.5) is 10.2 Å². The molecule has 4 aromatic rings. The molecule has 0 saturated carbocycles. The zero-order valence-corrected chi connectivity index (χ0v) is 22.7. The number of nitrogens with two attached hydrogens (primary N) is 1. The highest BCUT2D eigenvalue weighted by molar-refractivity contribution is 6.36. The minimum Gasteiger partial charge on any atom is -0.478 e. The number of carbonyl (C=O) groups excluding carboxylic acids is 1. The Hall–Kier alpha value is -3.37. The normalized spacial score (nSPS) is 14.9. The predicted molar refractivity (Wildman–Crippen MR) is 149 cm³/mol. The Bertz CT molecular complexity index is 1510. The van der Waals surface area contributed by atoms with Crippen LogP contribution in [0, 0.1) is 5.82 Å². The highest BCUT2D eigenvalue weighted by Crippen LogP contribution is 2.41. The third kappa shape index (κ3) is 5.81. The summed E-state index contributed by atoms with van der Waals surface area (Å²) in [7, 11) is 0. The molecule has 1 amide bonds. The summed E-state index contributed by atoms with van der Waals surface area (Å²) in [4.78, 5) is 19.4. The highest BCUT2D eigenvalue weighted by Gasteiger charge is 2.23. The van der Waals surface area contributed by atoms with E-state index >= 15 is 0 Å². The van der Waals surface area contributed by atoms with Gasteiger partial charge in [-0.3, -0.25) is 9.69 Å². The average molecular weight is 573 g/mol. The first kappa shape index (κ1) is 27.2. The fraction of sp³-hybridized carbons (Fsp3) is 0.286. The Kier molecular flexibility index (Phi) is 8.23. The van der Waals surface area contributed by atoms with Gasteiger partial charge in [0.05, 0.1) is 29.9 Å². The van der Waals surface area contributed by atoms with Crippen LogP contribution in [-0.4, -0.2) is 55.2 Å². The number of hydrogen-bond acceptors (Lipinski definition) is 7. The van der Waals surface area contributed by atoms with Crippen molar-refractivity contribution in [3.05, 3.63) is 75.8 Å². The number of nitrogen functional groups attached to an aromatic ring is 1. The number of nitrogens with zero attached hydrogens (tertiary/aromatic N) is 2. The second kappa shape index (κ2) is 11.8. The summed E-state index contributed by atoms with van der Waals surface area (Å²) >= 11 is 12.4. The summed E-state index contributed by atoms with van der Waals surface area (Å²) in [5.41, 5.74) is 8.76. The van der Waals surface area contributed by atoms with Crippen LogP contribution in [0.2, 0.25) is 10.0 Å². The number of ether oxygens (including phenoxy) is 2. The van der Waals surface area contributed by atoms with Crippen molar-refractivity contribution in [2.75, 3.05) is 45.1 Å². The molecule has 11 heteroatoms. The summed E-state index contributed by atoms with van der Waals surface area (Å²) < 4.78 is 31.4. The van der Waals surface area contributed by atoms with Gasteiger partial charge in [0.1, 0.15) is 11.9 Å². The second-order valence-corrected chi connectivity index (χ2v) is 9.96. The standard InChI is InChI=1S/C28H27Cl2FN4O4/c1-16(23-21(29)5-6-22(31)24(23)30)39-26-25-19(14-34-27(26)32)20(15-38-25)17-3-2-4-18(13-17)28(36)33-7-8-35-9-11-37-12-10-35/h2-6,13-16H,7-12H2,1H3,(H2,32,34)(H,33,36). The molecule has 0 bridgehead atoms. The SMILES string of the molecule is CC(Oc1c(N)ncc2c(-c3cccc(C(=O)NCCN4CCOCC4)c3)coc12)c1c(Cl)ccc(F)c1Cl. The van der Waals surface area contributed by atoms with E-state index < -0.39 is 11.9 Å². The summed E-state index contributed by atoms with van der Waals surface area (Å²) in [6.45, 7) is 6.14. The molecule has 1 aliphatic heterocycles. The molecule has 1 saturated heterocycles. The molecule has 1 atom stereocenters. The molecule has 0 radical (unpaired) electrons. The van der Waals surface area contributed by atoms with Gasteiger partial charge in [-0.25, -0.2) is 9.37 Å². The lowest BCUT2D eigenvalue weighted by atomic mass is 10.0. The van der Waals surface area contributed by atoms with Gasteiger partial charge in [-0.05, 0) is 36.8 Å². The average Bonchev–Trinajstić information content (AvgIpc) is 3.38. The zero-order chi connectivity index (χ0) is 27.5. The maximum absolute atomic E-state index is 14.1. The molecule has 3 heterocycles. The molecule has 2 aromatic heterocycles. The van der Waals surface area contributed by atoms with Crippen molar-refractivity contribution in [1.29, 1.82) is 0 Å². The van der Waals surface area contributed by atoms with Gasteiger partial charge in [-0.1, -0.05) is 35.3 Å². The maximum atomic E-state index is 14.1. The third-order valence-electron chi connectivity index (χ3n) is 6.63. The summed E-state index contributed by atoms with van der Waals surface area (Å²) in [5, 5.41) is 3.74. The number of benzene rings is 2. The van der Waals surface area contributed by atoms with Crippen molar-refractivity contribution in [2.45, 2.75) is 13.0 Å². The van der Waals surface area contributed by atoms with Crippen LogP contribution in [0.1, 0.15) is 28.9 Å². The van der Waals surface area contributed by atoms with Gasteiger partial charge < -0.3 is 24.9 Å². The summed E-state index contributed by atoms with van der Waals surface area (Å²) in [5.74, 6) is -0.505. The van der Waals surface area contributed by atoms with E-state index in [4.69, 9.17) is 42.8 Å². The third-order valence-corrected chi connectivity index (χ3v) is 7.35. The van der Waals surface area contributed by atoms with Crippen molar-refractivity contribution < 1.29 is 23.1 Å². The molecule has 0 spiro atoms. The number of amides is 1. The summed E-state index contributed by atoms with van der Waals surface area (Å²) in [6.07, 6.45) is 2.38. The lowest BCUT2D eigenvalue weighted by Crippen LogP contribution is -2.41. The zero-order valence-electron chi connectivity index (χ0n) is 21.2. The highest BCUT2D eigenvalue weighted by atomic mass is 35.5. The molecule has 1 unspecified atom stereocenters. The van der Waals surface area contributed by atoms with E-state index in [1.165, 1.54) is 12.1 Å².